The van der Waals surface area contributed by atoms with E-state index >= 15 is 0 Å². The van der Waals surface area contributed by atoms with Crippen LogP contribution in [0.2, 0.25) is 0 Å². The molecule has 0 bridgehead atoms. The third-order valence-corrected chi connectivity index (χ3v) is 3.06. The van der Waals surface area contributed by atoms with Crippen LogP contribution in [0.3, 0.4) is 0 Å². The summed E-state index contributed by atoms with van der Waals surface area (Å²) in [6, 6.07) is 14.6. The SMILES string of the molecule is c1ccc2c(O[C@@H]3CCNC3)cccc2c1. The molecular weight excluding hydrogens is 198 g/mol. The minimum Gasteiger partial charge on any atom is -0.488 e. The molecule has 2 aromatic carbocycles. The van der Waals surface area contributed by atoms with Crippen molar-refractivity contribution in [3.63, 3.8) is 0 Å². The minimum absolute atomic E-state index is 0.325. The van der Waals surface area contributed by atoms with Gasteiger partial charge in [0.25, 0.3) is 0 Å². The highest BCUT2D eigenvalue weighted by Crippen LogP contribution is 2.26. The van der Waals surface area contributed by atoms with Crippen LogP contribution in [-0.2, 0) is 0 Å². The number of hydrogen-bond donors (Lipinski definition) is 1. The molecule has 1 heterocycles. The van der Waals surface area contributed by atoms with E-state index < -0.39 is 0 Å². The Morgan fingerprint density at radius 1 is 1.06 bits per heavy atom. The van der Waals surface area contributed by atoms with E-state index in [9.17, 15) is 0 Å². The van der Waals surface area contributed by atoms with Crippen LogP contribution in [0.25, 0.3) is 10.8 Å². The Labute approximate surface area is 95.2 Å². The predicted octanol–water partition coefficient (Wildman–Crippen LogP) is 2.58. The molecule has 2 nitrogen and oxygen atoms in total. The Balaban J connectivity index is 1.96. The lowest BCUT2D eigenvalue weighted by molar-refractivity contribution is 0.226. The second-order valence-corrected chi connectivity index (χ2v) is 4.21. The van der Waals surface area contributed by atoms with E-state index in [2.05, 4.69) is 47.8 Å². The van der Waals surface area contributed by atoms with Crippen LogP contribution >= 0.6 is 0 Å². The Morgan fingerprint density at radius 2 is 1.94 bits per heavy atom. The number of nitrogens with one attached hydrogen (secondary N) is 1. The normalized spacial score (nSPS) is 20.1. The number of rotatable bonds is 2. The largest absolute Gasteiger partial charge is 0.488 e. The summed E-state index contributed by atoms with van der Waals surface area (Å²) in [5, 5.41) is 5.76. The lowest BCUT2D eigenvalue weighted by atomic mass is 10.1. The van der Waals surface area contributed by atoms with E-state index in [4.69, 9.17) is 4.74 Å². The average Bonchev–Trinajstić information content (AvgIpc) is 2.82. The summed E-state index contributed by atoms with van der Waals surface area (Å²) in [6.07, 6.45) is 1.43. The van der Waals surface area contributed by atoms with Crippen molar-refractivity contribution in [3.8, 4) is 5.75 Å². The van der Waals surface area contributed by atoms with Gasteiger partial charge in [0.2, 0.25) is 0 Å². The van der Waals surface area contributed by atoms with Gasteiger partial charge in [0.05, 0.1) is 0 Å². The predicted molar refractivity (Wildman–Crippen MR) is 65.9 cm³/mol. The van der Waals surface area contributed by atoms with E-state index in [-0.39, 0.29) is 0 Å². The van der Waals surface area contributed by atoms with E-state index in [1.807, 2.05) is 0 Å². The number of benzene rings is 2. The van der Waals surface area contributed by atoms with Crippen LogP contribution in [0.1, 0.15) is 6.42 Å². The average molecular weight is 213 g/mol. The molecule has 82 valence electrons. The van der Waals surface area contributed by atoms with Gasteiger partial charge in [-0.1, -0.05) is 36.4 Å². The van der Waals surface area contributed by atoms with E-state index in [1.54, 1.807) is 0 Å². The summed E-state index contributed by atoms with van der Waals surface area (Å²) in [6.45, 7) is 2.03. The fraction of sp³-hybridized carbons (Fsp3) is 0.286. The molecule has 0 aliphatic carbocycles. The van der Waals surface area contributed by atoms with Gasteiger partial charge in [0.15, 0.2) is 0 Å². The van der Waals surface area contributed by atoms with Crippen molar-refractivity contribution in [1.82, 2.24) is 5.32 Å². The first kappa shape index (κ1) is 9.67. The van der Waals surface area contributed by atoms with Gasteiger partial charge in [-0.25, -0.2) is 0 Å². The number of fused-ring (bicyclic) bond motifs is 1. The fourth-order valence-electron chi connectivity index (χ4n) is 2.21. The molecule has 1 aliphatic heterocycles. The molecule has 3 rings (SSSR count). The van der Waals surface area contributed by atoms with Crippen LogP contribution in [-0.4, -0.2) is 19.2 Å². The smallest absolute Gasteiger partial charge is 0.127 e. The summed E-state index contributed by atoms with van der Waals surface area (Å²) >= 11 is 0. The highest BCUT2D eigenvalue weighted by Gasteiger charge is 2.16. The van der Waals surface area contributed by atoms with Gasteiger partial charge in [-0.3, -0.25) is 0 Å². The third kappa shape index (κ3) is 1.76. The molecule has 1 fully saturated rings. The highest BCUT2D eigenvalue weighted by atomic mass is 16.5. The summed E-state index contributed by atoms with van der Waals surface area (Å²) in [7, 11) is 0. The van der Waals surface area contributed by atoms with Crippen LogP contribution in [0, 0.1) is 0 Å². The molecule has 0 spiro atoms. The summed E-state index contributed by atoms with van der Waals surface area (Å²) in [5.74, 6) is 1.01. The number of hydrogen-bond acceptors (Lipinski definition) is 2. The zero-order valence-corrected chi connectivity index (χ0v) is 9.15. The standard InChI is InChI=1S/C14H15NO/c1-2-6-13-11(4-1)5-3-7-14(13)16-12-8-9-15-10-12/h1-7,12,15H,8-10H2/t12-/m1/s1. The summed E-state index contributed by atoms with van der Waals surface area (Å²) < 4.78 is 6.03. The molecule has 0 saturated carbocycles. The topological polar surface area (TPSA) is 21.3 Å². The highest BCUT2D eigenvalue weighted by molar-refractivity contribution is 5.88. The molecule has 1 aliphatic rings. The molecule has 0 aromatic heterocycles. The van der Waals surface area contributed by atoms with Crippen molar-refractivity contribution in [1.29, 1.82) is 0 Å². The Kier molecular flexibility index (Phi) is 2.50. The van der Waals surface area contributed by atoms with Crippen LogP contribution in [0.15, 0.2) is 42.5 Å². The van der Waals surface area contributed by atoms with E-state index in [1.165, 1.54) is 10.8 Å². The number of ether oxygens (including phenoxy) is 1. The van der Waals surface area contributed by atoms with Crippen molar-refractivity contribution in [2.45, 2.75) is 12.5 Å². The maximum Gasteiger partial charge on any atom is 0.127 e. The molecule has 1 atom stereocenters. The van der Waals surface area contributed by atoms with Crippen molar-refractivity contribution < 1.29 is 4.74 Å². The minimum atomic E-state index is 0.325. The van der Waals surface area contributed by atoms with Gasteiger partial charge >= 0.3 is 0 Å². The van der Waals surface area contributed by atoms with Gasteiger partial charge in [-0.15, -0.1) is 0 Å². The van der Waals surface area contributed by atoms with Crippen molar-refractivity contribution in [3.05, 3.63) is 42.5 Å². The third-order valence-electron chi connectivity index (χ3n) is 3.06. The lowest BCUT2D eigenvalue weighted by Gasteiger charge is -2.14. The van der Waals surface area contributed by atoms with Gasteiger partial charge in [0.1, 0.15) is 11.9 Å². The van der Waals surface area contributed by atoms with E-state index in [0.717, 1.165) is 25.3 Å². The molecule has 1 saturated heterocycles. The van der Waals surface area contributed by atoms with Crippen LogP contribution < -0.4 is 10.1 Å². The summed E-state index contributed by atoms with van der Waals surface area (Å²) in [4.78, 5) is 0. The fourth-order valence-corrected chi connectivity index (χ4v) is 2.21. The van der Waals surface area contributed by atoms with E-state index in [0.29, 0.717) is 6.10 Å². The molecule has 2 heteroatoms. The van der Waals surface area contributed by atoms with Crippen LogP contribution in [0.5, 0.6) is 5.75 Å². The second-order valence-electron chi connectivity index (χ2n) is 4.21. The molecule has 0 radical (unpaired) electrons. The Hall–Kier alpha value is -1.54. The molecule has 2 aromatic rings. The van der Waals surface area contributed by atoms with Crippen molar-refractivity contribution in [2.24, 2.45) is 0 Å². The summed E-state index contributed by atoms with van der Waals surface area (Å²) in [5.41, 5.74) is 0. The zero-order valence-electron chi connectivity index (χ0n) is 9.15. The Bertz CT molecular complexity index is 484. The lowest BCUT2D eigenvalue weighted by Crippen LogP contribution is -2.19. The van der Waals surface area contributed by atoms with Gasteiger partial charge in [-0.05, 0) is 24.4 Å². The molecular formula is C14H15NO. The molecule has 0 amide bonds. The zero-order chi connectivity index (χ0) is 10.8. The molecule has 16 heavy (non-hydrogen) atoms. The van der Waals surface area contributed by atoms with Crippen molar-refractivity contribution in [2.75, 3.05) is 13.1 Å². The Morgan fingerprint density at radius 3 is 2.81 bits per heavy atom. The second kappa shape index (κ2) is 4.14. The van der Waals surface area contributed by atoms with Gasteiger partial charge < -0.3 is 10.1 Å². The van der Waals surface area contributed by atoms with Gasteiger partial charge in [0, 0.05) is 11.9 Å². The first-order valence-electron chi connectivity index (χ1n) is 5.78. The first-order valence-corrected chi connectivity index (χ1v) is 5.78. The first-order chi connectivity index (χ1) is 7.93. The monoisotopic (exact) mass is 213 g/mol. The maximum atomic E-state index is 6.03. The molecule has 1 N–H and O–H groups in total. The van der Waals surface area contributed by atoms with Crippen molar-refractivity contribution >= 4 is 10.8 Å². The molecule has 0 unspecified atom stereocenters. The van der Waals surface area contributed by atoms with Gasteiger partial charge in [-0.2, -0.15) is 0 Å². The maximum absolute atomic E-state index is 6.03. The van der Waals surface area contributed by atoms with Crippen LogP contribution in [0.4, 0.5) is 0 Å². The quantitative estimate of drug-likeness (QED) is 0.828.